The van der Waals surface area contributed by atoms with E-state index in [1.54, 1.807) is 62.5 Å². The van der Waals surface area contributed by atoms with E-state index in [-0.39, 0.29) is 29.4 Å². The molecule has 0 unspecified atom stereocenters. The number of carbonyl (C=O) groups is 3. The largest absolute Gasteiger partial charge is 0.480 e. The monoisotopic (exact) mass is 624 g/mol. The predicted molar refractivity (Wildman–Crippen MR) is 166 cm³/mol. The Morgan fingerprint density at radius 2 is 1.70 bits per heavy atom. The van der Waals surface area contributed by atoms with Gasteiger partial charge in [0.05, 0.1) is 10.8 Å². The van der Waals surface area contributed by atoms with Gasteiger partial charge in [0.25, 0.3) is 0 Å². The van der Waals surface area contributed by atoms with E-state index < -0.39 is 38.7 Å². The van der Waals surface area contributed by atoms with Gasteiger partial charge >= 0.3 is 5.97 Å². The van der Waals surface area contributed by atoms with Crippen molar-refractivity contribution in [2.75, 3.05) is 17.7 Å². The Morgan fingerprint density at radius 3 is 2.35 bits per heavy atom. The molecule has 1 aliphatic heterocycles. The average Bonchev–Trinajstić information content (AvgIpc) is 3.32. The van der Waals surface area contributed by atoms with Crippen molar-refractivity contribution < 1.29 is 27.9 Å². The maximum Gasteiger partial charge on any atom is 0.326 e. The standard InChI is InChI=1S/C31H36N4O6S2/c1-31(2)28(35(21-42-31)43(40,41)25-10-4-3-5-11-25)29(37)34-26(30(38)39)20-23-15-13-22(14-16-23)19-24(36)9-8-18-33-27-12-6-7-17-32-27/h3-7,10-17,26,28H,8-9,18-21H2,1-2H3,(H,32,33)(H,34,37)(H,38,39)/t26-,28+/m0/s1. The van der Waals surface area contributed by atoms with E-state index in [1.165, 1.54) is 23.9 Å². The van der Waals surface area contributed by atoms with Crippen LogP contribution in [0.1, 0.15) is 37.8 Å². The topological polar surface area (TPSA) is 146 Å². The third-order valence-electron chi connectivity index (χ3n) is 7.19. The number of Topliss-reactive ketones (excluding diaryl/α,β-unsaturated/α-hetero) is 1. The van der Waals surface area contributed by atoms with Crippen LogP contribution in [0.15, 0.2) is 83.9 Å². The maximum absolute atomic E-state index is 13.5. The Labute approximate surface area is 256 Å². The lowest BCUT2D eigenvalue weighted by molar-refractivity contribution is -0.142. The van der Waals surface area contributed by atoms with Gasteiger partial charge in [-0.25, -0.2) is 18.2 Å². The summed E-state index contributed by atoms with van der Waals surface area (Å²) in [7, 11) is -3.98. The minimum Gasteiger partial charge on any atom is -0.480 e. The third-order valence-corrected chi connectivity index (χ3v) is 10.6. The van der Waals surface area contributed by atoms with Crippen molar-refractivity contribution in [3.63, 3.8) is 0 Å². The number of anilines is 1. The van der Waals surface area contributed by atoms with Gasteiger partial charge in [0.2, 0.25) is 15.9 Å². The number of nitrogens with one attached hydrogen (secondary N) is 2. The van der Waals surface area contributed by atoms with E-state index in [0.717, 1.165) is 15.7 Å². The molecule has 1 fully saturated rings. The molecule has 1 aliphatic rings. The van der Waals surface area contributed by atoms with Crippen LogP contribution >= 0.6 is 11.8 Å². The highest BCUT2D eigenvalue weighted by Gasteiger charge is 2.51. The number of hydrogen-bond donors (Lipinski definition) is 3. The van der Waals surface area contributed by atoms with E-state index in [9.17, 15) is 27.9 Å². The van der Waals surface area contributed by atoms with Crippen molar-refractivity contribution in [1.82, 2.24) is 14.6 Å². The third kappa shape index (κ3) is 8.43. The van der Waals surface area contributed by atoms with Gasteiger partial charge in [-0.1, -0.05) is 48.5 Å². The molecule has 1 aromatic heterocycles. The fraction of sp³-hybridized carbons (Fsp3) is 0.355. The smallest absolute Gasteiger partial charge is 0.326 e. The lowest BCUT2D eigenvalue weighted by Crippen LogP contribution is -2.56. The first-order valence-electron chi connectivity index (χ1n) is 14.0. The summed E-state index contributed by atoms with van der Waals surface area (Å²) < 4.78 is 27.1. The molecule has 12 heteroatoms. The molecule has 10 nitrogen and oxygen atoms in total. The summed E-state index contributed by atoms with van der Waals surface area (Å²) in [5, 5.41) is 15.7. The molecule has 3 N–H and O–H groups in total. The number of amides is 1. The molecule has 0 radical (unpaired) electrons. The van der Waals surface area contributed by atoms with Gasteiger partial charge in [-0.05, 0) is 55.7 Å². The van der Waals surface area contributed by atoms with Crippen LogP contribution < -0.4 is 10.6 Å². The molecule has 0 spiro atoms. The molecule has 43 heavy (non-hydrogen) atoms. The number of nitrogens with zero attached hydrogens (tertiary/aromatic N) is 2. The summed E-state index contributed by atoms with van der Waals surface area (Å²) in [4.78, 5) is 42.3. The van der Waals surface area contributed by atoms with Crippen LogP contribution in [0.3, 0.4) is 0 Å². The number of aromatic nitrogens is 1. The Kier molecular flexibility index (Phi) is 10.6. The van der Waals surface area contributed by atoms with Gasteiger partial charge < -0.3 is 15.7 Å². The summed E-state index contributed by atoms with van der Waals surface area (Å²) in [6, 6.07) is 18.1. The number of sulfonamides is 1. The number of carboxylic acid groups (broad SMARTS) is 1. The zero-order valence-corrected chi connectivity index (χ0v) is 25.7. The molecule has 4 rings (SSSR count). The highest BCUT2D eigenvalue weighted by atomic mass is 32.2. The maximum atomic E-state index is 13.5. The van der Waals surface area contributed by atoms with Crippen molar-refractivity contribution in [2.45, 2.75) is 61.3 Å². The van der Waals surface area contributed by atoms with Gasteiger partial charge in [0.1, 0.15) is 23.7 Å². The molecule has 0 bridgehead atoms. The van der Waals surface area contributed by atoms with Crippen molar-refractivity contribution in [1.29, 1.82) is 0 Å². The average molecular weight is 625 g/mol. The zero-order valence-electron chi connectivity index (χ0n) is 24.1. The Morgan fingerprint density at radius 1 is 1.02 bits per heavy atom. The van der Waals surface area contributed by atoms with Gasteiger partial charge in [-0.3, -0.25) is 9.59 Å². The van der Waals surface area contributed by atoms with Crippen LogP contribution in [0.4, 0.5) is 5.82 Å². The van der Waals surface area contributed by atoms with Gasteiger partial charge in [-0.15, -0.1) is 11.8 Å². The number of pyridine rings is 1. The van der Waals surface area contributed by atoms with Gasteiger partial charge in [-0.2, -0.15) is 4.31 Å². The van der Waals surface area contributed by atoms with Crippen LogP contribution in [-0.2, 0) is 37.2 Å². The quantitative estimate of drug-likeness (QED) is 0.228. The lowest BCUT2D eigenvalue weighted by Gasteiger charge is -2.31. The first-order valence-corrected chi connectivity index (χ1v) is 16.4. The molecule has 0 saturated carbocycles. The van der Waals surface area contributed by atoms with Crippen LogP contribution in [-0.4, -0.2) is 69.7 Å². The summed E-state index contributed by atoms with van der Waals surface area (Å²) in [5.74, 6) is -0.962. The van der Waals surface area contributed by atoms with E-state index in [4.69, 9.17) is 0 Å². The minimum atomic E-state index is -3.98. The van der Waals surface area contributed by atoms with Crippen LogP contribution in [0.5, 0.6) is 0 Å². The predicted octanol–water partition coefficient (Wildman–Crippen LogP) is 3.74. The van der Waals surface area contributed by atoms with E-state index in [0.29, 0.717) is 24.9 Å². The fourth-order valence-electron chi connectivity index (χ4n) is 4.88. The van der Waals surface area contributed by atoms with E-state index >= 15 is 0 Å². The van der Waals surface area contributed by atoms with Crippen molar-refractivity contribution in [3.8, 4) is 0 Å². The number of carbonyl (C=O) groups excluding carboxylic acids is 2. The highest BCUT2D eigenvalue weighted by Crippen LogP contribution is 2.42. The molecule has 228 valence electrons. The number of benzene rings is 2. The first-order chi connectivity index (χ1) is 20.5. The van der Waals surface area contributed by atoms with Crippen molar-refractivity contribution in [2.24, 2.45) is 0 Å². The SMILES string of the molecule is CC1(C)SCN(S(=O)(=O)c2ccccc2)[C@@H]1C(=O)N[C@@H](Cc1ccc(CC(=O)CCCNc2ccccn2)cc1)C(=O)O. The normalized spacial score (nSPS) is 17.2. The van der Waals surface area contributed by atoms with Crippen LogP contribution in [0.2, 0.25) is 0 Å². The Balaban J connectivity index is 1.34. The van der Waals surface area contributed by atoms with E-state index in [2.05, 4.69) is 15.6 Å². The number of thioether (sulfide) groups is 1. The molecule has 2 heterocycles. The molecular formula is C31H36N4O6S2. The number of aliphatic carboxylic acids is 1. The molecule has 2 aromatic carbocycles. The fourth-order valence-corrected chi connectivity index (χ4v) is 8.07. The second-order valence-electron chi connectivity index (χ2n) is 10.9. The second-order valence-corrected chi connectivity index (χ2v) is 14.4. The summed E-state index contributed by atoms with van der Waals surface area (Å²) in [6.07, 6.45) is 3.06. The number of rotatable bonds is 14. The second kappa shape index (κ2) is 14.2. The first kappa shape index (κ1) is 32.2. The van der Waals surface area contributed by atoms with Gasteiger partial charge in [0.15, 0.2) is 0 Å². The molecule has 2 atom stereocenters. The lowest BCUT2D eigenvalue weighted by atomic mass is 9.99. The van der Waals surface area contributed by atoms with Crippen LogP contribution in [0.25, 0.3) is 0 Å². The Bertz CT molecular complexity index is 1520. The molecular weight excluding hydrogens is 588 g/mol. The summed E-state index contributed by atoms with van der Waals surface area (Å²) in [6.45, 7) is 4.18. The summed E-state index contributed by atoms with van der Waals surface area (Å²) >= 11 is 1.32. The Hall–Kier alpha value is -3.74. The number of carboxylic acids is 1. The molecule has 3 aromatic rings. The molecule has 1 amide bonds. The van der Waals surface area contributed by atoms with E-state index in [1.807, 2.05) is 18.2 Å². The minimum absolute atomic E-state index is 0.000216. The zero-order chi connectivity index (χ0) is 31.0. The number of hydrogen-bond acceptors (Lipinski definition) is 8. The van der Waals surface area contributed by atoms with Gasteiger partial charge in [0, 0.05) is 36.8 Å². The molecule has 0 aliphatic carbocycles. The van der Waals surface area contributed by atoms with Crippen LogP contribution in [0, 0.1) is 0 Å². The van der Waals surface area contributed by atoms with Crippen molar-refractivity contribution in [3.05, 3.63) is 90.1 Å². The summed E-state index contributed by atoms with van der Waals surface area (Å²) in [5.41, 5.74) is 1.48. The number of ketones is 1. The highest BCUT2D eigenvalue weighted by molar-refractivity contribution is 8.02. The molecule has 1 saturated heterocycles. The van der Waals surface area contributed by atoms with Crippen molar-refractivity contribution >= 4 is 45.3 Å².